The maximum atomic E-state index is 13.5. The largest absolute Gasteiger partial charge is 0.339 e. The van der Waals surface area contributed by atoms with Crippen molar-refractivity contribution in [3.63, 3.8) is 0 Å². The zero-order valence-corrected chi connectivity index (χ0v) is 19.8. The summed E-state index contributed by atoms with van der Waals surface area (Å²) < 4.78 is 40.3. The second-order valence-electron chi connectivity index (χ2n) is 8.78. The third-order valence-electron chi connectivity index (χ3n) is 6.34. The number of piperazine rings is 2. The molecule has 4 rings (SSSR count). The highest BCUT2D eigenvalue weighted by molar-refractivity contribution is 7.89. The predicted octanol–water partition coefficient (Wildman–Crippen LogP) is 1.78. The lowest BCUT2D eigenvalue weighted by molar-refractivity contribution is -0.134. The average Bonchev–Trinajstić information content (AvgIpc) is 2.80. The lowest BCUT2D eigenvalue weighted by Gasteiger charge is -2.37. The summed E-state index contributed by atoms with van der Waals surface area (Å²) in [5.74, 6) is -0.481. The maximum absolute atomic E-state index is 13.5. The summed E-state index contributed by atoms with van der Waals surface area (Å²) in [5, 5.41) is 0. The number of hydrogen-bond acceptors (Lipinski definition) is 5. The first kappa shape index (κ1) is 23.8. The highest BCUT2D eigenvalue weighted by Crippen LogP contribution is 2.19. The maximum Gasteiger partial charge on any atom is 0.243 e. The van der Waals surface area contributed by atoms with Crippen LogP contribution in [0, 0.1) is 12.7 Å². The Morgan fingerprint density at radius 3 is 2.21 bits per heavy atom. The molecule has 0 aliphatic carbocycles. The molecule has 0 saturated carbocycles. The highest BCUT2D eigenvalue weighted by Gasteiger charge is 2.30. The van der Waals surface area contributed by atoms with E-state index in [2.05, 4.69) is 36.1 Å². The van der Waals surface area contributed by atoms with Gasteiger partial charge in [0.25, 0.3) is 0 Å². The van der Waals surface area contributed by atoms with E-state index in [1.54, 1.807) is 0 Å². The fourth-order valence-corrected chi connectivity index (χ4v) is 5.87. The summed E-state index contributed by atoms with van der Waals surface area (Å²) in [4.78, 5) is 19.0. The van der Waals surface area contributed by atoms with Gasteiger partial charge < -0.3 is 4.90 Å². The van der Waals surface area contributed by atoms with Gasteiger partial charge in [-0.1, -0.05) is 35.9 Å². The van der Waals surface area contributed by atoms with E-state index in [1.165, 1.54) is 33.6 Å². The van der Waals surface area contributed by atoms with E-state index < -0.39 is 15.8 Å². The van der Waals surface area contributed by atoms with Crippen molar-refractivity contribution in [2.24, 2.45) is 0 Å². The molecule has 2 aliphatic rings. The molecule has 0 aromatic heterocycles. The van der Waals surface area contributed by atoms with E-state index in [0.29, 0.717) is 32.7 Å². The number of carbonyl (C=O) groups excluding carboxylic acids is 1. The van der Waals surface area contributed by atoms with Crippen LogP contribution in [-0.4, -0.2) is 92.2 Å². The van der Waals surface area contributed by atoms with Gasteiger partial charge in [0.05, 0.1) is 11.4 Å². The number of aryl methyl sites for hydroxylation is 1. The minimum absolute atomic E-state index is 0.0319. The average molecular weight is 475 g/mol. The Balaban J connectivity index is 1.23. The molecule has 33 heavy (non-hydrogen) atoms. The van der Waals surface area contributed by atoms with Crippen LogP contribution in [-0.2, 0) is 21.4 Å². The fraction of sp³-hybridized carbons (Fsp3) is 0.458. The van der Waals surface area contributed by atoms with Gasteiger partial charge in [0.15, 0.2) is 0 Å². The monoisotopic (exact) mass is 474 g/mol. The Morgan fingerprint density at radius 2 is 1.55 bits per heavy atom. The van der Waals surface area contributed by atoms with E-state index in [0.717, 1.165) is 25.7 Å². The summed E-state index contributed by atoms with van der Waals surface area (Å²) in [6.45, 7) is 7.93. The van der Waals surface area contributed by atoms with Gasteiger partial charge in [-0.25, -0.2) is 12.8 Å². The standard InChI is InChI=1S/C24H31FN4O3S/c1-20-4-2-5-21(16-20)18-26-8-12-28(13-9-26)24(30)19-27-10-14-29(15-11-27)33(31,32)23-7-3-6-22(25)17-23/h2-7,16-17H,8-15,18-19H2,1H3. The van der Waals surface area contributed by atoms with Crippen LogP contribution in [0.4, 0.5) is 4.39 Å². The molecular formula is C24H31FN4O3S. The summed E-state index contributed by atoms with van der Waals surface area (Å²) in [7, 11) is -3.73. The summed E-state index contributed by atoms with van der Waals surface area (Å²) in [5.41, 5.74) is 2.55. The van der Waals surface area contributed by atoms with Gasteiger partial charge in [0.1, 0.15) is 5.82 Å². The highest BCUT2D eigenvalue weighted by atomic mass is 32.2. The number of carbonyl (C=O) groups is 1. The van der Waals surface area contributed by atoms with Gasteiger partial charge >= 0.3 is 0 Å². The Hall–Kier alpha value is -2.33. The molecule has 2 aromatic rings. The summed E-state index contributed by atoms with van der Waals surface area (Å²) in [6, 6.07) is 13.6. The Labute approximate surface area is 195 Å². The minimum Gasteiger partial charge on any atom is -0.339 e. The zero-order chi connectivity index (χ0) is 23.4. The summed E-state index contributed by atoms with van der Waals surface area (Å²) >= 11 is 0. The van der Waals surface area contributed by atoms with Crippen LogP contribution in [0.5, 0.6) is 0 Å². The molecule has 2 heterocycles. The minimum atomic E-state index is -3.73. The third-order valence-corrected chi connectivity index (χ3v) is 8.23. The van der Waals surface area contributed by atoms with Crippen molar-refractivity contribution in [2.75, 3.05) is 58.9 Å². The number of rotatable bonds is 6. The number of halogens is 1. The van der Waals surface area contributed by atoms with Crippen LogP contribution in [0.1, 0.15) is 11.1 Å². The predicted molar refractivity (Wildman–Crippen MR) is 125 cm³/mol. The van der Waals surface area contributed by atoms with Crippen LogP contribution in [0.3, 0.4) is 0 Å². The van der Waals surface area contributed by atoms with E-state index >= 15 is 0 Å². The van der Waals surface area contributed by atoms with Crippen molar-refractivity contribution >= 4 is 15.9 Å². The van der Waals surface area contributed by atoms with Crippen LogP contribution in [0.2, 0.25) is 0 Å². The second-order valence-corrected chi connectivity index (χ2v) is 10.7. The van der Waals surface area contributed by atoms with E-state index in [-0.39, 0.29) is 23.9 Å². The van der Waals surface area contributed by atoms with E-state index in [4.69, 9.17) is 0 Å². The molecule has 0 bridgehead atoms. The summed E-state index contributed by atoms with van der Waals surface area (Å²) in [6.07, 6.45) is 0. The van der Waals surface area contributed by atoms with Crippen molar-refractivity contribution < 1.29 is 17.6 Å². The topological polar surface area (TPSA) is 64.2 Å². The lowest BCUT2D eigenvalue weighted by Crippen LogP contribution is -2.54. The molecule has 0 spiro atoms. The number of hydrogen-bond donors (Lipinski definition) is 0. The SMILES string of the molecule is Cc1cccc(CN2CCN(C(=O)CN3CCN(S(=O)(=O)c4cccc(F)c4)CC3)CC2)c1. The molecule has 1 amide bonds. The van der Waals surface area contributed by atoms with Crippen molar-refractivity contribution in [1.82, 2.24) is 19.0 Å². The van der Waals surface area contributed by atoms with E-state index in [9.17, 15) is 17.6 Å². The Bertz CT molecular complexity index is 1080. The number of nitrogens with zero attached hydrogens (tertiary/aromatic N) is 4. The first-order chi connectivity index (χ1) is 15.8. The molecular weight excluding hydrogens is 443 g/mol. The van der Waals surface area contributed by atoms with Gasteiger partial charge in [-0.15, -0.1) is 0 Å². The van der Waals surface area contributed by atoms with Gasteiger partial charge in [0, 0.05) is 58.9 Å². The normalized spacial score (nSPS) is 19.0. The van der Waals surface area contributed by atoms with Gasteiger partial charge in [0.2, 0.25) is 15.9 Å². The number of sulfonamides is 1. The van der Waals surface area contributed by atoms with Crippen LogP contribution < -0.4 is 0 Å². The molecule has 178 valence electrons. The Kier molecular flexibility index (Phi) is 7.43. The molecule has 9 heteroatoms. The molecule has 7 nitrogen and oxygen atoms in total. The Morgan fingerprint density at radius 1 is 0.879 bits per heavy atom. The van der Waals surface area contributed by atoms with Gasteiger partial charge in [-0.05, 0) is 30.7 Å². The first-order valence-electron chi connectivity index (χ1n) is 11.3. The zero-order valence-electron chi connectivity index (χ0n) is 19.0. The van der Waals surface area contributed by atoms with Gasteiger partial charge in [-0.2, -0.15) is 4.31 Å². The molecule has 2 fully saturated rings. The second kappa shape index (κ2) is 10.3. The molecule has 0 atom stereocenters. The van der Waals surface area contributed by atoms with Crippen molar-refractivity contribution in [1.29, 1.82) is 0 Å². The quantitative estimate of drug-likeness (QED) is 0.639. The van der Waals surface area contributed by atoms with Crippen LogP contribution >= 0.6 is 0 Å². The van der Waals surface area contributed by atoms with Gasteiger partial charge in [-0.3, -0.25) is 14.6 Å². The van der Waals surface area contributed by atoms with Crippen LogP contribution in [0.15, 0.2) is 53.4 Å². The molecule has 0 unspecified atom stereocenters. The molecule has 2 aliphatic heterocycles. The number of benzene rings is 2. The lowest BCUT2D eigenvalue weighted by atomic mass is 10.1. The fourth-order valence-electron chi connectivity index (χ4n) is 4.42. The third kappa shape index (κ3) is 5.97. The molecule has 2 saturated heterocycles. The van der Waals surface area contributed by atoms with E-state index in [1.807, 2.05) is 9.80 Å². The number of amides is 1. The van der Waals surface area contributed by atoms with Crippen molar-refractivity contribution in [3.05, 3.63) is 65.5 Å². The molecule has 2 aromatic carbocycles. The van der Waals surface area contributed by atoms with Crippen molar-refractivity contribution in [2.45, 2.75) is 18.4 Å². The van der Waals surface area contributed by atoms with Crippen LogP contribution in [0.25, 0.3) is 0 Å². The smallest absolute Gasteiger partial charge is 0.243 e. The first-order valence-corrected chi connectivity index (χ1v) is 12.8. The molecule has 0 N–H and O–H groups in total. The van der Waals surface area contributed by atoms with Crippen molar-refractivity contribution in [3.8, 4) is 0 Å². The molecule has 0 radical (unpaired) electrons.